The number of methoxy groups -OCH3 is 1. The first-order valence-corrected chi connectivity index (χ1v) is 12.4. The minimum Gasteiger partial charge on any atom is -0.493 e. The number of nitro groups is 1. The van der Waals surface area contributed by atoms with Crippen molar-refractivity contribution in [3.8, 4) is 11.5 Å². The van der Waals surface area contributed by atoms with Gasteiger partial charge in [-0.05, 0) is 58.2 Å². The van der Waals surface area contributed by atoms with E-state index >= 15 is 0 Å². The van der Waals surface area contributed by atoms with E-state index in [9.17, 15) is 14.9 Å². The second-order valence-corrected chi connectivity index (χ2v) is 11.4. The molecule has 32 heavy (non-hydrogen) atoms. The highest BCUT2D eigenvalue weighted by Crippen LogP contribution is 2.45. The lowest BCUT2D eigenvalue weighted by Gasteiger charge is -2.19. The molecule has 170 valence electrons. The molecule has 1 heterocycles. The molecule has 0 atom stereocenters. The lowest BCUT2D eigenvalue weighted by atomic mass is 10.2. The fraction of sp³-hybridized carbons (Fsp3) is 0.333. The number of benzene rings is 2. The molecule has 1 N–H and O–H groups in total. The Kier molecular flexibility index (Phi) is 8.44. The van der Waals surface area contributed by atoms with Crippen LogP contribution >= 0.6 is 39.5 Å². The Morgan fingerprint density at radius 1 is 1.31 bits per heavy atom. The van der Waals surface area contributed by atoms with Crippen molar-refractivity contribution in [1.29, 1.82) is 0 Å². The second-order valence-electron chi connectivity index (χ2n) is 7.05. The van der Waals surface area contributed by atoms with E-state index in [0.29, 0.717) is 28.0 Å². The zero-order chi connectivity index (χ0) is 23.1. The van der Waals surface area contributed by atoms with Crippen LogP contribution in [0.5, 0.6) is 11.5 Å². The van der Waals surface area contributed by atoms with Gasteiger partial charge in [-0.1, -0.05) is 0 Å². The maximum Gasteiger partial charge on any atom is 0.269 e. The van der Waals surface area contributed by atoms with Crippen molar-refractivity contribution in [3.05, 3.63) is 62.1 Å². The molecule has 3 rings (SSSR count). The molecule has 0 radical (unpaired) electrons. The smallest absolute Gasteiger partial charge is 0.269 e. The van der Waals surface area contributed by atoms with Gasteiger partial charge in [0, 0.05) is 23.6 Å². The predicted molar refractivity (Wildman–Crippen MR) is 132 cm³/mol. The standard InChI is InChI=1S/C21H22BrN3O5S2/c1-21(31-7-8-32-21)11-19(26)24-23-12-15-9-17(22)20(18(10-15)29-2)30-13-14-3-5-16(6-4-14)25(27)28/h3-6,9-10,12H,7-8,11,13H2,1-2H3,(H,24,26). The minimum atomic E-state index is -0.445. The number of carbonyl (C=O) groups is 1. The monoisotopic (exact) mass is 539 g/mol. The van der Waals surface area contributed by atoms with Crippen molar-refractivity contribution in [2.75, 3.05) is 18.6 Å². The number of nitrogens with zero attached hydrogens (tertiary/aromatic N) is 2. The van der Waals surface area contributed by atoms with Crippen LogP contribution in [-0.4, -0.2) is 39.7 Å². The van der Waals surface area contributed by atoms with Crippen LogP contribution in [0, 0.1) is 10.1 Å². The van der Waals surface area contributed by atoms with Gasteiger partial charge in [-0.15, -0.1) is 23.5 Å². The Hall–Kier alpha value is -2.24. The fourth-order valence-corrected chi connectivity index (χ4v) is 6.40. The van der Waals surface area contributed by atoms with Crippen LogP contribution in [0.15, 0.2) is 46.0 Å². The van der Waals surface area contributed by atoms with Crippen LogP contribution in [0.1, 0.15) is 24.5 Å². The third-order valence-corrected chi connectivity index (χ3v) is 8.45. The number of rotatable bonds is 9. The van der Waals surface area contributed by atoms with Crippen molar-refractivity contribution in [3.63, 3.8) is 0 Å². The normalized spacial score (nSPS) is 15.0. The number of nitro benzene ring substituents is 1. The molecule has 0 bridgehead atoms. The topological polar surface area (TPSA) is 103 Å². The number of hydrazone groups is 1. The van der Waals surface area contributed by atoms with Gasteiger partial charge in [0.05, 0.1) is 33.2 Å². The number of non-ortho nitro benzene ring substituents is 1. The van der Waals surface area contributed by atoms with E-state index in [1.165, 1.54) is 19.2 Å². The van der Waals surface area contributed by atoms with E-state index in [1.54, 1.807) is 54.0 Å². The number of nitrogens with one attached hydrogen (secondary N) is 1. The molecule has 0 saturated carbocycles. The first-order valence-electron chi connectivity index (χ1n) is 9.63. The molecule has 11 heteroatoms. The average Bonchev–Trinajstić information content (AvgIpc) is 3.18. The zero-order valence-corrected chi connectivity index (χ0v) is 20.7. The lowest BCUT2D eigenvalue weighted by Crippen LogP contribution is -2.26. The highest BCUT2D eigenvalue weighted by Gasteiger charge is 2.32. The molecule has 2 aromatic rings. The van der Waals surface area contributed by atoms with E-state index < -0.39 is 4.92 Å². The molecule has 1 aliphatic rings. The zero-order valence-electron chi connectivity index (χ0n) is 17.5. The molecule has 0 aromatic heterocycles. The number of carbonyl (C=O) groups excluding carboxylic acids is 1. The molecule has 0 spiro atoms. The first kappa shape index (κ1) is 24.4. The predicted octanol–water partition coefficient (Wildman–Crippen LogP) is 4.98. The second kappa shape index (κ2) is 11.1. The van der Waals surface area contributed by atoms with Crippen LogP contribution in [0.4, 0.5) is 5.69 Å². The van der Waals surface area contributed by atoms with Gasteiger partial charge in [-0.2, -0.15) is 5.10 Å². The molecule has 8 nitrogen and oxygen atoms in total. The van der Waals surface area contributed by atoms with E-state index in [1.807, 2.05) is 0 Å². The maximum absolute atomic E-state index is 12.2. The summed E-state index contributed by atoms with van der Waals surface area (Å²) in [5.41, 5.74) is 4.11. The molecular formula is C21H22BrN3O5S2. The Labute approximate surface area is 202 Å². The SMILES string of the molecule is COc1cc(C=NNC(=O)CC2(C)SCCS2)cc(Br)c1OCc1ccc([N+](=O)[O-])cc1. The summed E-state index contributed by atoms with van der Waals surface area (Å²) in [5, 5.41) is 14.8. The number of hydrogen-bond donors (Lipinski definition) is 1. The summed E-state index contributed by atoms with van der Waals surface area (Å²) in [6.07, 6.45) is 1.95. The van der Waals surface area contributed by atoms with Crippen molar-refractivity contribution in [2.24, 2.45) is 5.10 Å². The van der Waals surface area contributed by atoms with Gasteiger partial charge in [0.15, 0.2) is 11.5 Å². The number of ether oxygens (including phenoxy) is 2. The Bertz CT molecular complexity index is 1010. The minimum absolute atomic E-state index is 0.0260. The van der Waals surface area contributed by atoms with Crippen LogP contribution < -0.4 is 14.9 Å². The quantitative estimate of drug-likeness (QED) is 0.272. The molecule has 0 aliphatic carbocycles. The van der Waals surface area contributed by atoms with E-state index in [-0.39, 0.29) is 22.3 Å². The third kappa shape index (κ3) is 6.63. The van der Waals surface area contributed by atoms with E-state index in [0.717, 1.165) is 17.1 Å². The van der Waals surface area contributed by atoms with Crippen molar-refractivity contribution in [1.82, 2.24) is 5.43 Å². The number of halogens is 1. The molecule has 0 unspecified atom stereocenters. The summed E-state index contributed by atoms with van der Waals surface area (Å²) < 4.78 is 11.9. The number of hydrogen-bond acceptors (Lipinski definition) is 8. The van der Waals surface area contributed by atoms with Gasteiger partial charge in [0.2, 0.25) is 5.91 Å². The average molecular weight is 540 g/mol. The van der Waals surface area contributed by atoms with Crippen molar-refractivity contribution >= 4 is 57.3 Å². The highest BCUT2D eigenvalue weighted by molar-refractivity contribution is 9.10. The van der Waals surface area contributed by atoms with Crippen LogP contribution in [-0.2, 0) is 11.4 Å². The van der Waals surface area contributed by atoms with Crippen molar-refractivity contribution in [2.45, 2.75) is 24.0 Å². The van der Waals surface area contributed by atoms with Gasteiger partial charge in [-0.25, -0.2) is 5.43 Å². The van der Waals surface area contributed by atoms with Gasteiger partial charge in [0.25, 0.3) is 5.69 Å². The maximum atomic E-state index is 12.2. The summed E-state index contributed by atoms with van der Waals surface area (Å²) in [5.74, 6) is 2.98. The molecule has 2 aromatic carbocycles. The third-order valence-electron chi connectivity index (χ3n) is 4.56. The lowest BCUT2D eigenvalue weighted by molar-refractivity contribution is -0.384. The van der Waals surface area contributed by atoms with E-state index in [4.69, 9.17) is 9.47 Å². The van der Waals surface area contributed by atoms with Crippen LogP contribution in [0.3, 0.4) is 0 Å². The molecule has 1 fully saturated rings. The van der Waals surface area contributed by atoms with Crippen molar-refractivity contribution < 1.29 is 19.2 Å². The molecule has 1 aliphatic heterocycles. The highest BCUT2D eigenvalue weighted by atomic mass is 79.9. The largest absolute Gasteiger partial charge is 0.493 e. The number of amides is 1. The Balaban J connectivity index is 1.61. The summed E-state index contributed by atoms with van der Waals surface area (Å²) >= 11 is 7.08. The number of thioether (sulfide) groups is 2. The molecule has 1 amide bonds. The van der Waals surface area contributed by atoms with Gasteiger partial charge >= 0.3 is 0 Å². The first-order chi connectivity index (χ1) is 15.3. The summed E-state index contributed by atoms with van der Waals surface area (Å²) in [6.45, 7) is 2.29. The Morgan fingerprint density at radius 3 is 2.62 bits per heavy atom. The van der Waals surface area contributed by atoms with Crippen LogP contribution in [0.2, 0.25) is 0 Å². The van der Waals surface area contributed by atoms with E-state index in [2.05, 4.69) is 33.4 Å². The summed E-state index contributed by atoms with van der Waals surface area (Å²) in [7, 11) is 1.53. The van der Waals surface area contributed by atoms with Gasteiger partial charge < -0.3 is 9.47 Å². The summed E-state index contributed by atoms with van der Waals surface area (Å²) in [4.78, 5) is 22.5. The fourth-order valence-electron chi connectivity index (χ4n) is 2.99. The summed E-state index contributed by atoms with van der Waals surface area (Å²) in [6, 6.07) is 9.70. The molecular weight excluding hydrogens is 518 g/mol. The molecule has 1 saturated heterocycles. The van der Waals surface area contributed by atoms with Gasteiger partial charge in [0.1, 0.15) is 6.61 Å². The van der Waals surface area contributed by atoms with Gasteiger partial charge in [-0.3, -0.25) is 14.9 Å². The van der Waals surface area contributed by atoms with Crippen LogP contribution in [0.25, 0.3) is 0 Å². The Morgan fingerprint density at radius 2 is 2.00 bits per heavy atom.